The van der Waals surface area contributed by atoms with Crippen molar-refractivity contribution in [2.45, 2.75) is 25.8 Å². The molecular weight excluding hydrogens is 154 g/mol. The highest BCUT2D eigenvalue weighted by atomic mass is 16.2. The lowest BCUT2D eigenvalue weighted by atomic mass is 9.93. The van der Waals surface area contributed by atoms with Crippen LogP contribution in [0.25, 0.3) is 0 Å². The van der Waals surface area contributed by atoms with Crippen molar-refractivity contribution in [3.8, 4) is 0 Å². The molecule has 66 valence electrons. The Labute approximate surface area is 71.7 Å². The second kappa shape index (κ2) is 2.31. The van der Waals surface area contributed by atoms with Gasteiger partial charge in [0, 0.05) is 31.3 Å². The van der Waals surface area contributed by atoms with Gasteiger partial charge in [-0.25, -0.2) is 0 Å². The third kappa shape index (κ3) is 0.765. The maximum absolute atomic E-state index is 11.4. The van der Waals surface area contributed by atoms with E-state index in [1.54, 1.807) is 4.90 Å². The number of amides is 1. The van der Waals surface area contributed by atoms with Gasteiger partial charge in [-0.1, -0.05) is 6.92 Å². The summed E-state index contributed by atoms with van der Waals surface area (Å²) in [7, 11) is 1.81. The van der Waals surface area contributed by atoms with E-state index in [4.69, 9.17) is 0 Å². The number of carbonyl (C=O) groups excluding carboxylic acids is 2. The Morgan fingerprint density at radius 3 is 2.67 bits per heavy atom. The molecule has 2 fully saturated rings. The molecule has 3 nitrogen and oxygen atoms in total. The summed E-state index contributed by atoms with van der Waals surface area (Å²) in [6.07, 6.45) is 1.54. The van der Waals surface area contributed by atoms with Crippen molar-refractivity contribution in [3.05, 3.63) is 0 Å². The molecule has 2 rings (SSSR count). The van der Waals surface area contributed by atoms with E-state index in [1.807, 2.05) is 14.0 Å². The molecule has 3 unspecified atom stereocenters. The third-order valence-electron chi connectivity index (χ3n) is 3.25. The lowest BCUT2D eigenvalue weighted by Gasteiger charge is -2.16. The van der Waals surface area contributed by atoms with Crippen molar-refractivity contribution in [2.75, 3.05) is 7.05 Å². The van der Waals surface area contributed by atoms with E-state index < -0.39 is 0 Å². The Hall–Kier alpha value is -0.860. The van der Waals surface area contributed by atoms with E-state index >= 15 is 0 Å². The Morgan fingerprint density at radius 2 is 2.08 bits per heavy atom. The molecule has 0 bridgehead atoms. The highest BCUT2D eigenvalue weighted by molar-refractivity contribution is 5.94. The summed E-state index contributed by atoms with van der Waals surface area (Å²) in [5, 5.41) is 0. The maximum Gasteiger partial charge on any atom is 0.226 e. The molecule has 1 heterocycles. The minimum Gasteiger partial charge on any atom is -0.342 e. The number of ketones is 1. The van der Waals surface area contributed by atoms with Crippen molar-refractivity contribution in [3.63, 3.8) is 0 Å². The molecule has 0 aromatic carbocycles. The molecule has 1 saturated carbocycles. The number of fused-ring (bicyclic) bond motifs is 1. The second-order valence-corrected chi connectivity index (χ2v) is 3.84. The number of nitrogens with zero attached hydrogens (tertiary/aromatic N) is 1. The third-order valence-corrected chi connectivity index (χ3v) is 3.25. The summed E-state index contributed by atoms with van der Waals surface area (Å²) in [6.45, 7) is 1.87. The van der Waals surface area contributed by atoms with Crippen LogP contribution in [-0.2, 0) is 9.59 Å². The van der Waals surface area contributed by atoms with Crippen LogP contribution in [0.2, 0.25) is 0 Å². The Morgan fingerprint density at radius 1 is 1.42 bits per heavy atom. The average molecular weight is 167 g/mol. The minimum atomic E-state index is -0.0741. The van der Waals surface area contributed by atoms with Gasteiger partial charge in [0.1, 0.15) is 5.78 Å². The van der Waals surface area contributed by atoms with Gasteiger partial charge in [-0.15, -0.1) is 0 Å². The van der Waals surface area contributed by atoms with Crippen LogP contribution >= 0.6 is 0 Å². The lowest BCUT2D eigenvalue weighted by molar-refractivity contribution is -0.132. The molecule has 1 aliphatic carbocycles. The fourth-order valence-electron chi connectivity index (χ4n) is 2.54. The molecule has 3 atom stereocenters. The van der Waals surface area contributed by atoms with Crippen molar-refractivity contribution < 1.29 is 9.59 Å². The molecule has 1 saturated heterocycles. The largest absolute Gasteiger partial charge is 0.342 e. The fraction of sp³-hybridized carbons (Fsp3) is 0.778. The normalized spacial score (nSPS) is 40.8. The molecule has 1 aliphatic heterocycles. The quantitative estimate of drug-likeness (QED) is 0.525. The first kappa shape index (κ1) is 7.77. The van der Waals surface area contributed by atoms with Crippen LogP contribution in [0.4, 0.5) is 0 Å². The van der Waals surface area contributed by atoms with Gasteiger partial charge < -0.3 is 4.90 Å². The summed E-state index contributed by atoms with van der Waals surface area (Å²) in [5.41, 5.74) is 0. The zero-order valence-corrected chi connectivity index (χ0v) is 7.41. The SMILES string of the molecule is CC1C(=O)N(C)C2CCC(=O)C12. The number of carbonyl (C=O) groups is 2. The van der Waals surface area contributed by atoms with E-state index in [2.05, 4.69) is 0 Å². The summed E-state index contributed by atoms with van der Waals surface area (Å²) in [4.78, 5) is 24.6. The van der Waals surface area contributed by atoms with E-state index in [-0.39, 0.29) is 29.6 Å². The second-order valence-electron chi connectivity index (χ2n) is 3.84. The summed E-state index contributed by atoms with van der Waals surface area (Å²) < 4.78 is 0. The maximum atomic E-state index is 11.4. The van der Waals surface area contributed by atoms with Crippen LogP contribution in [0.15, 0.2) is 0 Å². The first-order chi connectivity index (χ1) is 5.63. The monoisotopic (exact) mass is 167 g/mol. The number of hydrogen-bond donors (Lipinski definition) is 0. The van der Waals surface area contributed by atoms with Crippen LogP contribution in [0, 0.1) is 11.8 Å². The zero-order chi connectivity index (χ0) is 8.88. The van der Waals surface area contributed by atoms with E-state index in [9.17, 15) is 9.59 Å². The first-order valence-corrected chi connectivity index (χ1v) is 4.42. The van der Waals surface area contributed by atoms with Crippen LogP contribution in [0.5, 0.6) is 0 Å². The van der Waals surface area contributed by atoms with Gasteiger partial charge in [0.25, 0.3) is 0 Å². The fourth-order valence-corrected chi connectivity index (χ4v) is 2.54. The first-order valence-electron chi connectivity index (χ1n) is 4.42. The molecule has 0 radical (unpaired) electrons. The Balaban J connectivity index is 2.32. The smallest absolute Gasteiger partial charge is 0.226 e. The van der Waals surface area contributed by atoms with Gasteiger partial charge in [-0.2, -0.15) is 0 Å². The highest BCUT2D eigenvalue weighted by Crippen LogP contribution is 2.38. The molecule has 0 spiro atoms. The number of rotatable bonds is 0. The van der Waals surface area contributed by atoms with Crippen molar-refractivity contribution in [1.29, 1.82) is 0 Å². The van der Waals surface area contributed by atoms with E-state index in [0.717, 1.165) is 6.42 Å². The van der Waals surface area contributed by atoms with Crippen LogP contribution in [-0.4, -0.2) is 29.7 Å². The van der Waals surface area contributed by atoms with Gasteiger partial charge in [-0.05, 0) is 6.42 Å². The highest BCUT2D eigenvalue weighted by Gasteiger charge is 2.50. The van der Waals surface area contributed by atoms with Crippen LogP contribution < -0.4 is 0 Å². The van der Waals surface area contributed by atoms with E-state index in [1.165, 1.54) is 0 Å². The van der Waals surface area contributed by atoms with Crippen molar-refractivity contribution in [2.24, 2.45) is 11.8 Å². The molecule has 1 amide bonds. The average Bonchev–Trinajstić information content (AvgIpc) is 2.51. The number of Topliss-reactive ketones (excluding diaryl/α,β-unsaturated/α-hetero) is 1. The lowest BCUT2D eigenvalue weighted by Crippen LogP contribution is -2.29. The van der Waals surface area contributed by atoms with Crippen LogP contribution in [0.1, 0.15) is 19.8 Å². The van der Waals surface area contributed by atoms with Crippen LogP contribution in [0.3, 0.4) is 0 Å². The van der Waals surface area contributed by atoms with Gasteiger partial charge in [0.15, 0.2) is 0 Å². The molecule has 0 N–H and O–H groups in total. The minimum absolute atomic E-state index is 0.00231. The van der Waals surface area contributed by atoms with Gasteiger partial charge in [-0.3, -0.25) is 9.59 Å². The summed E-state index contributed by atoms with van der Waals surface area (Å²) in [5.74, 6) is 0.348. The topological polar surface area (TPSA) is 37.4 Å². The molecular formula is C9H13NO2. The van der Waals surface area contributed by atoms with Crippen molar-refractivity contribution in [1.82, 2.24) is 4.90 Å². The molecule has 3 heteroatoms. The standard InChI is InChI=1S/C9H13NO2/c1-5-8-6(3-4-7(8)11)10(2)9(5)12/h5-6,8H,3-4H2,1-2H3. The Bertz CT molecular complexity index is 249. The van der Waals surface area contributed by atoms with Gasteiger partial charge in [0.05, 0.1) is 0 Å². The molecule has 12 heavy (non-hydrogen) atoms. The predicted octanol–water partition coefficient (Wildman–Crippen LogP) is 0.442. The molecule has 0 aromatic heterocycles. The Kier molecular flexibility index (Phi) is 1.50. The van der Waals surface area contributed by atoms with Gasteiger partial charge in [0.2, 0.25) is 5.91 Å². The van der Waals surface area contributed by atoms with Crippen molar-refractivity contribution >= 4 is 11.7 Å². The predicted molar refractivity (Wildman–Crippen MR) is 43.5 cm³/mol. The zero-order valence-electron chi connectivity index (χ0n) is 7.41. The summed E-state index contributed by atoms with van der Waals surface area (Å²) >= 11 is 0. The molecule has 2 aliphatic rings. The van der Waals surface area contributed by atoms with E-state index in [0.29, 0.717) is 6.42 Å². The number of likely N-dealkylation sites (tertiary alicyclic amines) is 1. The summed E-state index contributed by atoms with van der Waals surface area (Å²) in [6, 6.07) is 0.208. The van der Waals surface area contributed by atoms with Gasteiger partial charge >= 0.3 is 0 Å². The number of hydrogen-bond acceptors (Lipinski definition) is 2. The molecule has 0 aromatic rings.